The molecule has 0 aliphatic heterocycles. The van der Waals surface area contributed by atoms with Gasteiger partial charge in [-0.2, -0.15) is 0 Å². The van der Waals surface area contributed by atoms with Crippen LogP contribution >= 0.6 is 0 Å². The van der Waals surface area contributed by atoms with E-state index >= 15 is 0 Å². The Balaban J connectivity index is 1.90. The second-order valence-corrected chi connectivity index (χ2v) is 6.47. The fraction of sp³-hybridized carbons (Fsp3) is 0.333. The van der Waals surface area contributed by atoms with Crippen LogP contribution in [-0.2, 0) is 4.79 Å². The molecule has 0 aliphatic carbocycles. The van der Waals surface area contributed by atoms with Gasteiger partial charge in [-0.1, -0.05) is 18.2 Å². The molecule has 2 aromatic carbocycles. The molecule has 0 aromatic heterocycles. The Morgan fingerprint density at radius 1 is 1.04 bits per heavy atom. The third kappa shape index (κ3) is 5.09. The van der Waals surface area contributed by atoms with Crippen molar-refractivity contribution in [3.63, 3.8) is 0 Å². The molecule has 2 N–H and O–H groups in total. The van der Waals surface area contributed by atoms with Gasteiger partial charge in [-0.15, -0.1) is 0 Å². The van der Waals surface area contributed by atoms with Gasteiger partial charge in [0.15, 0.2) is 0 Å². The maximum absolute atomic E-state index is 12.1. The molecule has 0 atom stereocenters. The first-order chi connectivity index (χ1) is 12.4. The van der Waals surface area contributed by atoms with Crippen molar-refractivity contribution in [2.75, 3.05) is 23.3 Å². The molecule has 138 valence electrons. The SMILES string of the molecule is CCN(c1ccc(NC(=O)CNC(=O)c2ccccc2C)cc1)C(C)C. The third-order valence-electron chi connectivity index (χ3n) is 4.25. The van der Waals surface area contributed by atoms with Gasteiger partial charge in [0.25, 0.3) is 5.91 Å². The van der Waals surface area contributed by atoms with Crippen molar-refractivity contribution >= 4 is 23.2 Å². The molecule has 26 heavy (non-hydrogen) atoms. The predicted octanol–water partition coefficient (Wildman–Crippen LogP) is 3.60. The number of rotatable bonds is 7. The highest BCUT2D eigenvalue weighted by Crippen LogP contribution is 2.19. The van der Waals surface area contributed by atoms with Gasteiger partial charge in [-0.05, 0) is 63.6 Å². The summed E-state index contributed by atoms with van der Waals surface area (Å²) in [5, 5.41) is 5.46. The lowest BCUT2D eigenvalue weighted by Gasteiger charge is -2.27. The van der Waals surface area contributed by atoms with E-state index in [0.717, 1.165) is 17.8 Å². The number of hydrogen-bond donors (Lipinski definition) is 2. The number of nitrogens with one attached hydrogen (secondary N) is 2. The highest BCUT2D eigenvalue weighted by Gasteiger charge is 2.11. The number of nitrogens with zero attached hydrogens (tertiary/aromatic N) is 1. The highest BCUT2D eigenvalue weighted by molar-refractivity contribution is 6.00. The molecule has 0 radical (unpaired) electrons. The summed E-state index contributed by atoms with van der Waals surface area (Å²) in [7, 11) is 0. The van der Waals surface area contributed by atoms with Crippen molar-refractivity contribution in [1.82, 2.24) is 5.32 Å². The standard InChI is InChI=1S/C21H27N3O2/c1-5-24(15(2)3)18-12-10-17(11-13-18)23-20(25)14-22-21(26)19-9-7-6-8-16(19)4/h6-13,15H,5,14H2,1-4H3,(H,22,26)(H,23,25). The molecule has 0 bridgehead atoms. The Hall–Kier alpha value is -2.82. The first kappa shape index (κ1) is 19.5. The molecule has 0 fully saturated rings. The van der Waals surface area contributed by atoms with Crippen molar-refractivity contribution in [3.05, 3.63) is 59.7 Å². The normalized spacial score (nSPS) is 10.5. The lowest BCUT2D eigenvalue weighted by molar-refractivity contribution is -0.115. The van der Waals surface area contributed by atoms with Crippen molar-refractivity contribution in [2.45, 2.75) is 33.7 Å². The average Bonchev–Trinajstić information content (AvgIpc) is 2.62. The summed E-state index contributed by atoms with van der Waals surface area (Å²) in [6, 6.07) is 15.4. The molecule has 0 aliphatic rings. The van der Waals surface area contributed by atoms with Crippen LogP contribution in [0, 0.1) is 6.92 Å². The maximum Gasteiger partial charge on any atom is 0.251 e. The largest absolute Gasteiger partial charge is 0.369 e. The minimum Gasteiger partial charge on any atom is -0.369 e. The topological polar surface area (TPSA) is 61.4 Å². The summed E-state index contributed by atoms with van der Waals surface area (Å²) in [4.78, 5) is 26.5. The first-order valence-corrected chi connectivity index (χ1v) is 8.92. The number of amides is 2. The van der Waals surface area contributed by atoms with Crippen LogP contribution in [0.2, 0.25) is 0 Å². The number of hydrogen-bond acceptors (Lipinski definition) is 3. The summed E-state index contributed by atoms with van der Waals surface area (Å²) in [5.41, 5.74) is 3.29. The molecule has 0 saturated carbocycles. The molecule has 5 heteroatoms. The summed E-state index contributed by atoms with van der Waals surface area (Å²) in [5.74, 6) is -0.500. The predicted molar refractivity (Wildman–Crippen MR) is 107 cm³/mol. The molecule has 0 unspecified atom stereocenters. The molecule has 0 saturated heterocycles. The summed E-state index contributed by atoms with van der Waals surface area (Å²) >= 11 is 0. The minimum atomic E-state index is -0.254. The van der Waals surface area contributed by atoms with E-state index in [0.29, 0.717) is 17.3 Å². The van der Waals surface area contributed by atoms with E-state index < -0.39 is 0 Å². The van der Waals surface area contributed by atoms with Gasteiger partial charge < -0.3 is 15.5 Å². The Morgan fingerprint density at radius 3 is 2.27 bits per heavy atom. The zero-order valence-electron chi connectivity index (χ0n) is 15.9. The highest BCUT2D eigenvalue weighted by atomic mass is 16.2. The summed E-state index contributed by atoms with van der Waals surface area (Å²) < 4.78 is 0. The van der Waals surface area contributed by atoms with Crippen LogP contribution in [0.15, 0.2) is 48.5 Å². The minimum absolute atomic E-state index is 0.0675. The van der Waals surface area contributed by atoms with Crippen LogP contribution in [0.3, 0.4) is 0 Å². The monoisotopic (exact) mass is 353 g/mol. The van der Waals surface area contributed by atoms with E-state index in [1.165, 1.54) is 0 Å². The van der Waals surface area contributed by atoms with Gasteiger partial charge in [0.2, 0.25) is 5.91 Å². The van der Waals surface area contributed by atoms with E-state index in [-0.39, 0.29) is 18.4 Å². The number of aryl methyl sites for hydroxylation is 1. The molecule has 2 amide bonds. The van der Waals surface area contributed by atoms with Gasteiger partial charge in [-0.25, -0.2) is 0 Å². The summed E-state index contributed by atoms with van der Waals surface area (Å²) in [6.45, 7) is 9.14. The second-order valence-electron chi connectivity index (χ2n) is 6.47. The second kappa shape index (κ2) is 9.04. The molecule has 0 heterocycles. The lowest BCUT2D eigenvalue weighted by Crippen LogP contribution is -2.33. The molecule has 2 rings (SSSR count). The van der Waals surface area contributed by atoms with Gasteiger partial charge in [0.05, 0.1) is 6.54 Å². The van der Waals surface area contributed by atoms with E-state index in [2.05, 4.69) is 36.3 Å². The van der Waals surface area contributed by atoms with Crippen LogP contribution in [-0.4, -0.2) is 30.9 Å². The molecule has 0 spiro atoms. The fourth-order valence-corrected chi connectivity index (χ4v) is 2.87. The molecule has 5 nitrogen and oxygen atoms in total. The van der Waals surface area contributed by atoms with Crippen LogP contribution < -0.4 is 15.5 Å². The van der Waals surface area contributed by atoms with Crippen molar-refractivity contribution < 1.29 is 9.59 Å². The van der Waals surface area contributed by atoms with Crippen LogP contribution in [0.5, 0.6) is 0 Å². The van der Waals surface area contributed by atoms with Crippen molar-refractivity contribution in [2.24, 2.45) is 0 Å². The van der Waals surface area contributed by atoms with Gasteiger partial charge in [0.1, 0.15) is 0 Å². The van der Waals surface area contributed by atoms with E-state index in [1.807, 2.05) is 43.3 Å². The zero-order chi connectivity index (χ0) is 19.1. The van der Waals surface area contributed by atoms with Gasteiger partial charge in [0, 0.05) is 29.5 Å². The van der Waals surface area contributed by atoms with Crippen LogP contribution in [0.25, 0.3) is 0 Å². The Bertz CT molecular complexity index is 754. The van der Waals surface area contributed by atoms with E-state index in [9.17, 15) is 9.59 Å². The molecular formula is C21H27N3O2. The molecule has 2 aromatic rings. The van der Waals surface area contributed by atoms with Gasteiger partial charge >= 0.3 is 0 Å². The quantitative estimate of drug-likeness (QED) is 0.799. The third-order valence-corrected chi connectivity index (χ3v) is 4.25. The number of carbonyl (C=O) groups excluding carboxylic acids is 2. The summed E-state index contributed by atoms with van der Waals surface area (Å²) in [6.07, 6.45) is 0. The number of anilines is 2. The van der Waals surface area contributed by atoms with Crippen molar-refractivity contribution in [1.29, 1.82) is 0 Å². The Morgan fingerprint density at radius 2 is 1.69 bits per heavy atom. The average molecular weight is 353 g/mol. The Labute approximate surface area is 155 Å². The zero-order valence-corrected chi connectivity index (χ0v) is 15.9. The van der Waals surface area contributed by atoms with Crippen LogP contribution in [0.4, 0.5) is 11.4 Å². The number of carbonyl (C=O) groups is 2. The first-order valence-electron chi connectivity index (χ1n) is 8.92. The van der Waals surface area contributed by atoms with Gasteiger partial charge in [-0.3, -0.25) is 9.59 Å². The van der Waals surface area contributed by atoms with Crippen molar-refractivity contribution in [3.8, 4) is 0 Å². The van der Waals surface area contributed by atoms with Crippen LogP contribution in [0.1, 0.15) is 36.7 Å². The lowest BCUT2D eigenvalue weighted by atomic mass is 10.1. The van der Waals surface area contributed by atoms with E-state index in [1.54, 1.807) is 12.1 Å². The smallest absolute Gasteiger partial charge is 0.251 e. The van der Waals surface area contributed by atoms with E-state index in [4.69, 9.17) is 0 Å². The Kier molecular flexibility index (Phi) is 6.78. The molecular weight excluding hydrogens is 326 g/mol. The fourth-order valence-electron chi connectivity index (χ4n) is 2.87. The maximum atomic E-state index is 12.1. The number of benzene rings is 2.